The Balaban J connectivity index is 1.89. The number of piperidine rings is 1. The van der Waals surface area contributed by atoms with E-state index in [1.807, 2.05) is 25.1 Å². The van der Waals surface area contributed by atoms with Crippen molar-refractivity contribution in [2.75, 3.05) is 33.9 Å². The van der Waals surface area contributed by atoms with Gasteiger partial charge in [0.1, 0.15) is 0 Å². The van der Waals surface area contributed by atoms with E-state index in [9.17, 15) is 4.79 Å². The van der Waals surface area contributed by atoms with Gasteiger partial charge in [0.25, 0.3) is 0 Å². The topological polar surface area (TPSA) is 71.0 Å². The number of ether oxygens (including phenoxy) is 2. The van der Waals surface area contributed by atoms with Crippen LogP contribution in [-0.4, -0.2) is 55.9 Å². The van der Waals surface area contributed by atoms with Crippen LogP contribution in [0.15, 0.2) is 18.2 Å². The molecule has 0 saturated carbocycles. The molecule has 140 valence electrons. The quantitative estimate of drug-likeness (QED) is 0.748. The minimum absolute atomic E-state index is 0.0273. The van der Waals surface area contributed by atoms with Crippen molar-refractivity contribution in [3.8, 4) is 11.5 Å². The smallest absolute Gasteiger partial charge is 0.237 e. The third-order valence-corrected chi connectivity index (χ3v) is 4.93. The van der Waals surface area contributed by atoms with E-state index in [-0.39, 0.29) is 18.6 Å². The van der Waals surface area contributed by atoms with Crippen molar-refractivity contribution in [3.05, 3.63) is 23.8 Å². The number of nitrogens with zero attached hydrogens (tertiary/aromatic N) is 1. The number of carbonyl (C=O) groups excluding carboxylic acids is 1. The van der Waals surface area contributed by atoms with Gasteiger partial charge in [-0.25, -0.2) is 0 Å². The number of hydrogen-bond acceptors (Lipinski definition) is 5. The molecule has 0 radical (unpaired) electrons. The number of amides is 1. The lowest BCUT2D eigenvalue weighted by molar-refractivity contribution is -0.126. The van der Waals surface area contributed by atoms with E-state index >= 15 is 0 Å². The molecule has 1 aromatic rings. The maximum Gasteiger partial charge on any atom is 0.237 e. The lowest BCUT2D eigenvalue weighted by Crippen LogP contribution is -2.49. The first-order chi connectivity index (χ1) is 12.1. The van der Waals surface area contributed by atoms with Crippen LogP contribution in [0.3, 0.4) is 0 Å². The predicted molar refractivity (Wildman–Crippen MR) is 96.9 cm³/mol. The van der Waals surface area contributed by atoms with Crippen LogP contribution in [0.4, 0.5) is 0 Å². The van der Waals surface area contributed by atoms with Gasteiger partial charge in [-0.1, -0.05) is 6.07 Å². The summed E-state index contributed by atoms with van der Waals surface area (Å²) < 4.78 is 10.5. The first-order valence-electron chi connectivity index (χ1n) is 8.92. The van der Waals surface area contributed by atoms with Gasteiger partial charge >= 0.3 is 0 Å². The molecule has 1 aliphatic rings. The molecule has 25 heavy (non-hydrogen) atoms. The Hall–Kier alpha value is -1.79. The Bertz CT molecular complexity index is 562. The summed E-state index contributed by atoms with van der Waals surface area (Å²) in [4.78, 5) is 14.7. The molecule has 0 aliphatic carbocycles. The van der Waals surface area contributed by atoms with Gasteiger partial charge < -0.3 is 19.9 Å². The number of rotatable bonds is 8. The average Bonchev–Trinajstić information content (AvgIpc) is 2.65. The Kier molecular flexibility index (Phi) is 7.52. The molecule has 1 amide bonds. The summed E-state index contributed by atoms with van der Waals surface area (Å²) in [5.41, 5.74) is 0.968. The number of carbonyl (C=O) groups is 1. The summed E-state index contributed by atoms with van der Waals surface area (Å²) in [6.07, 6.45) is 3.03. The summed E-state index contributed by atoms with van der Waals surface area (Å²) in [5, 5.41) is 12.1. The number of benzene rings is 1. The maximum absolute atomic E-state index is 12.5. The Morgan fingerprint density at radius 1 is 1.36 bits per heavy atom. The molecule has 6 heteroatoms. The molecular formula is C19H30N2O4. The van der Waals surface area contributed by atoms with Gasteiger partial charge in [0.2, 0.25) is 5.91 Å². The molecule has 2 rings (SSSR count). The second-order valence-corrected chi connectivity index (χ2v) is 6.60. The van der Waals surface area contributed by atoms with Crippen LogP contribution in [0.1, 0.15) is 31.7 Å². The first-order valence-corrected chi connectivity index (χ1v) is 8.92. The minimum Gasteiger partial charge on any atom is -0.493 e. The fraction of sp³-hybridized carbons (Fsp3) is 0.632. The fourth-order valence-corrected chi connectivity index (χ4v) is 3.36. The van der Waals surface area contributed by atoms with Crippen molar-refractivity contribution in [2.45, 2.75) is 38.8 Å². The van der Waals surface area contributed by atoms with Crippen molar-refractivity contribution in [1.29, 1.82) is 0 Å². The van der Waals surface area contributed by atoms with Crippen LogP contribution in [0.2, 0.25) is 0 Å². The molecule has 1 fully saturated rings. The molecular weight excluding hydrogens is 320 g/mol. The number of likely N-dealkylation sites (tertiary alicyclic amines) is 1. The van der Waals surface area contributed by atoms with E-state index in [0.29, 0.717) is 24.0 Å². The van der Waals surface area contributed by atoms with Crippen LogP contribution in [0.5, 0.6) is 11.5 Å². The van der Waals surface area contributed by atoms with Crippen LogP contribution in [0, 0.1) is 5.92 Å². The zero-order valence-corrected chi connectivity index (χ0v) is 15.5. The molecule has 0 aromatic heterocycles. The van der Waals surface area contributed by atoms with E-state index in [1.54, 1.807) is 14.2 Å². The highest BCUT2D eigenvalue weighted by molar-refractivity contribution is 5.81. The molecule has 6 nitrogen and oxygen atoms in total. The molecule has 0 spiro atoms. The molecule has 1 saturated heterocycles. The number of nitrogens with one attached hydrogen (secondary N) is 1. The van der Waals surface area contributed by atoms with Gasteiger partial charge in [-0.3, -0.25) is 9.69 Å². The monoisotopic (exact) mass is 350 g/mol. The van der Waals surface area contributed by atoms with E-state index < -0.39 is 0 Å². The van der Waals surface area contributed by atoms with Gasteiger partial charge in [0, 0.05) is 19.7 Å². The summed E-state index contributed by atoms with van der Waals surface area (Å²) >= 11 is 0. The lowest BCUT2D eigenvalue weighted by atomic mass is 9.94. The number of methoxy groups -OCH3 is 2. The number of aliphatic hydroxyl groups is 1. The molecule has 1 aromatic carbocycles. The van der Waals surface area contributed by atoms with Gasteiger partial charge in [-0.05, 0) is 56.3 Å². The second kappa shape index (κ2) is 9.63. The highest BCUT2D eigenvalue weighted by Crippen LogP contribution is 2.27. The third-order valence-electron chi connectivity index (χ3n) is 4.93. The van der Waals surface area contributed by atoms with Crippen molar-refractivity contribution >= 4 is 5.91 Å². The van der Waals surface area contributed by atoms with Crippen molar-refractivity contribution in [3.63, 3.8) is 0 Å². The predicted octanol–water partition coefficient (Wildman–Crippen LogP) is 1.80. The largest absolute Gasteiger partial charge is 0.493 e. The normalized spacial score (nSPS) is 19.3. The van der Waals surface area contributed by atoms with Crippen molar-refractivity contribution in [1.82, 2.24) is 10.2 Å². The number of aliphatic hydroxyl groups excluding tert-OH is 1. The molecule has 0 bridgehead atoms. The van der Waals surface area contributed by atoms with E-state index in [2.05, 4.69) is 10.2 Å². The maximum atomic E-state index is 12.5. The van der Waals surface area contributed by atoms with Crippen molar-refractivity contribution in [2.24, 2.45) is 5.92 Å². The van der Waals surface area contributed by atoms with Crippen LogP contribution in [0.25, 0.3) is 0 Å². The summed E-state index contributed by atoms with van der Waals surface area (Å²) in [6.45, 7) is 4.44. The van der Waals surface area contributed by atoms with Crippen LogP contribution >= 0.6 is 0 Å². The Labute approximate surface area is 150 Å². The minimum atomic E-state index is -0.165. The zero-order chi connectivity index (χ0) is 18.2. The zero-order valence-electron chi connectivity index (χ0n) is 15.5. The summed E-state index contributed by atoms with van der Waals surface area (Å²) in [6, 6.07) is 5.47. The molecule has 2 N–H and O–H groups in total. The van der Waals surface area contributed by atoms with Gasteiger partial charge in [0.15, 0.2) is 11.5 Å². The van der Waals surface area contributed by atoms with E-state index in [4.69, 9.17) is 14.6 Å². The molecule has 2 atom stereocenters. The highest BCUT2D eigenvalue weighted by atomic mass is 16.5. The summed E-state index contributed by atoms with van der Waals surface area (Å²) in [5.74, 6) is 1.85. The van der Waals surface area contributed by atoms with Gasteiger partial charge in [0.05, 0.1) is 20.3 Å². The third kappa shape index (κ3) is 5.34. The molecule has 2 unspecified atom stereocenters. The first kappa shape index (κ1) is 19.5. The van der Waals surface area contributed by atoms with Crippen LogP contribution < -0.4 is 14.8 Å². The Morgan fingerprint density at radius 2 is 2.12 bits per heavy atom. The molecule has 1 aliphatic heterocycles. The van der Waals surface area contributed by atoms with Crippen molar-refractivity contribution < 1.29 is 19.4 Å². The van der Waals surface area contributed by atoms with E-state index in [1.165, 1.54) is 0 Å². The van der Waals surface area contributed by atoms with Crippen LogP contribution in [-0.2, 0) is 11.3 Å². The average molecular weight is 350 g/mol. The Morgan fingerprint density at radius 3 is 2.80 bits per heavy atom. The SMILES string of the molecule is COc1ccc(CNC(=O)C(C)N2CCCC(CCO)C2)cc1OC. The fourth-order valence-electron chi connectivity index (χ4n) is 3.36. The number of hydrogen-bond donors (Lipinski definition) is 2. The van der Waals surface area contributed by atoms with E-state index in [0.717, 1.165) is 37.9 Å². The van der Waals surface area contributed by atoms with Gasteiger partial charge in [-0.2, -0.15) is 0 Å². The summed E-state index contributed by atoms with van der Waals surface area (Å²) in [7, 11) is 3.20. The highest BCUT2D eigenvalue weighted by Gasteiger charge is 2.27. The standard InChI is InChI=1S/C19H30N2O4/c1-14(21-9-4-5-15(13-21)8-10-22)19(23)20-12-16-6-7-17(24-2)18(11-16)25-3/h6-7,11,14-15,22H,4-5,8-10,12-13H2,1-3H3,(H,20,23). The molecule has 1 heterocycles. The van der Waals surface area contributed by atoms with Gasteiger partial charge in [-0.15, -0.1) is 0 Å². The lowest BCUT2D eigenvalue weighted by Gasteiger charge is -2.36. The second-order valence-electron chi connectivity index (χ2n) is 6.60.